The highest BCUT2D eigenvalue weighted by molar-refractivity contribution is 5.29. The van der Waals surface area contributed by atoms with E-state index >= 15 is 0 Å². The Morgan fingerprint density at radius 1 is 1.53 bits per heavy atom. The Balaban J connectivity index is 2.01. The lowest BCUT2D eigenvalue weighted by Gasteiger charge is -2.26. The minimum Gasteiger partial charge on any atom is -0.391 e. The van der Waals surface area contributed by atoms with Crippen LogP contribution in [0, 0.1) is 0 Å². The molecule has 2 aliphatic heterocycles. The van der Waals surface area contributed by atoms with Crippen molar-refractivity contribution in [2.45, 2.75) is 32.4 Å². The number of nitrogens with zero attached hydrogens (tertiary/aromatic N) is 2. The van der Waals surface area contributed by atoms with E-state index in [2.05, 4.69) is 36.3 Å². The minimum absolute atomic E-state index is 0.146. The zero-order valence-electron chi connectivity index (χ0n) is 9.61. The van der Waals surface area contributed by atoms with Crippen LogP contribution in [0.1, 0.15) is 20.3 Å². The van der Waals surface area contributed by atoms with Crippen molar-refractivity contribution in [3.8, 4) is 0 Å². The molecule has 1 unspecified atom stereocenters. The molecular formula is C12H20N2O. The van der Waals surface area contributed by atoms with Gasteiger partial charge in [0.15, 0.2) is 0 Å². The van der Waals surface area contributed by atoms with E-state index in [1.54, 1.807) is 0 Å². The van der Waals surface area contributed by atoms with Gasteiger partial charge < -0.3 is 14.9 Å². The van der Waals surface area contributed by atoms with Crippen molar-refractivity contribution >= 4 is 0 Å². The van der Waals surface area contributed by atoms with Crippen LogP contribution < -0.4 is 0 Å². The fraction of sp³-hybridized carbons (Fsp3) is 0.667. The summed E-state index contributed by atoms with van der Waals surface area (Å²) >= 11 is 0. The van der Waals surface area contributed by atoms with E-state index in [1.807, 2.05) is 0 Å². The van der Waals surface area contributed by atoms with E-state index in [9.17, 15) is 5.11 Å². The molecule has 2 heterocycles. The second kappa shape index (κ2) is 3.89. The third-order valence-electron chi connectivity index (χ3n) is 3.23. The molecular weight excluding hydrogens is 188 g/mol. The van der Waals surface area contributed by atoms with Crippen molar-refractivity contribution in [1.29, 1.82) is 0 Å². The number of rotatable bonds is 2. The summed E-state index contributed by atoms with van der Waals surface area (Å²) in [7, 11) is 0. The number of hydrogen-bond donors (Lipinski definition) is 1. The predicted octanol–water partition coefficient (Wildman–Crippen LogP) is 1.17. The first-order valence-electron chi connectivity index (χ1n) is 5.67. The largest absolute Gasteiger partial charge is 0.391 e. The van der Waals surface area contributed by atoms with Crippen molar-refractivity contribution < 1.29 is 5.11 Å². The van der Waals surface area contributed by atoms with Crippen LogP contribution in [-0.2, 0) is 0 Å². The summed E-state index contributed by atoms with van der Waals surface area (Å²) in [6.45, 7) is 11.1. The maximum atomic E-state index is 9.50. The third-order valence-corrected chi connectivity index (χ3v) is 3.23. The standard InChI is InChI=1S/C12H20N2O/c1-9(2)14-7-11(6-10(14)3)13-5-4-12(15)8-13/h6,9,12,15H,3-5,7-8H2,1-2H3. The number of allylic oxidation sites excluding steroid dienone is 1. The molecule has 0 radical (unpaired) electrons. The summed E-state index contributed by atoms with van der Waals surface area (Å²) in [5, 5.41) is 9.50. The zero-order chi connectivity index (χ0) is 11.0. The van der Waals surface area contributed by atoms with Gasteiger partial charge in [0.25, 0.3) is 0 Å². The zero-order valence-corrected chi connectivity index (χ0v) is 9.61. The lowest BCUT2D eigenvalue weighted by Crippen LogP contribution is -2.30. The van der Waals surface area contributed by atoms with Gasteiger partial charge >= 0.3 is 0 Å². The van der Waals surface area contributed by atoms with Gasteiger partial charge in [-0.25, -0.2) is 0 Å². The average Bonchev–Trinajstić information content (AvgIpc) is 2.71. The van der Waals surface area contributed by atoms with E-state index < -0.39 is 0 Å². The van der Waals surface area contributed by atoms with Gasteiger partial charge in [-0.05, 0) is 26.3 Å². The van der Waals surface area contributed by atoms with Crippen LogP contribution in [0.4, 0.5) is 0 Å². The van der Waals surface area contributed by atoms with E-state index in [1.165, 1.54) is 5.70 Å². The molecule has 84 valence electrons. The summed E-state index contributed by atoms with van der Waals surface area (Å²) in [6, 6.07) is 0.499. The lowest BCUT2D eigenvalue weighted by molar-refractivity contribution is 0.182. The molecule has 1 saturated heterocycles. The fourth-order valence-corrected chi connectivity index (χ4v) is 2.31. The third kappa shape index (κ3) is 2.02. The maximum absolute atomic E-state index is 9.50. The van der Waals surface area contributed by atoms with Crippen LogP contribution in [0.3, 0.4) is 0 Å². The van der Waals surface area contributed by atoms with Crippen molar-refractivity contribution in [3.05, 3.63) is 24.0 Å². The van der Waals surface area contributed by atoms with Crippen LogP contribution in [0.5, 0.6) is 0 Å². The van der Waals surface area contributed by atoms with Gasteiger partial charge in [0, 0.05) is 30.5 Å². The van der Waals surface area contributed by atoms with Crippen molar-refractivity contribution in [1.82, 2.24) is 9.80 Å². The van der Waals surface area contributed by atoms with Crippen molar-refractivity contribution in [2.75, 3.05) is 19.6 Å². The molecule has 0 aromatic rings. The summed E-state index contributed by atoms with van der Waals surface area (Å²) in [5.41, 5.74) is 2.41. The number of β-amino-alcohol motifs (C(OH)–C–C–N with tert-alkyl or cyclic N) is 1. The van der Waals surface area contributed by atoms with E-state index in [-0.39, 0.29) is 6.10 Å². The van der Waals surface area contributed by atoms with Gasteiger partial charge in [0.05, 0.1) is 12.6 Å². The first-order valence-corrected chi connectivity index (χ1v) is 5.67. The van der Waals surface area contributed by atoms with Gasteiger partial charge in [-0.1, -0.05) is 6.58 Å². The average molecular weight is 208 g/mol. The van der Waals surface area contributed by atoms with Crippen molar-refractivity contribution in [3.63, 3.8) is 0 Å². The van der Waals surface area contributed by atoms with Gasteiger partial charge in [0.1, 0.15) is 0 Å². The minimum atomic E-state index is -0.146. The molecule has 15 heavy (non-hydrogen) atoms. The van der Waals surface area contributed by atoms with Crippen LogP contribution in [0.25, 0.3) is 0 Å². The van der Waals surface area contributed by atoms with Gasteiger partial charge in [0.2, 0.25) is 0 Å². The number of aliphatic hydroxyl groups excluding tert-OH is 1. The Bertz CT molecular complexity index is 296. The van der Waals surface area contributed by atoms with Crippen molar-refractivity contribution in [2.24, 2.45) is 0 Å². The Morgan fingerprint density at radius 2 is 2.27 bits per heavy atom. The SMILES string of the molecule is C=C1C=C(N2CCC(O)C2)CN1C(C)C. The highest BCUT2D eigenvalue weighted by atomic mass is 16.3. The molecule has 3 nitrogen and oxygen atoms in total. The van der Waals surface area contributed by atoms with Crippen LogP contribution >= 0.6 is 0 Å². The van der Waals surface area contributed by atoms with Gasteiger partial charge in [-0.15, -0.1) is 0 Å². The Morgan fingerprint density at radius 3 is 2.73 bits per heavy atom. The summed E-state index contributed by atoms with van der Waals surface area (Å²) < 4.78 is 0. The molecule has 1 fully saturated rings. The molecule has 0 amide bonds. The van der Waals surface area contributed by atoms with Crippen LogP contribution in [-0.4, -0.2) is 46.7 Å². The normalized spacial score (nSPS) is 26.8. The monoisotopic (exact) mass is 208 g/mol. The quantitative estimate of drug-likeness (QED) is 0.738. The first-order chi connectivity index (χ1) is 7.08. The molecule has 0 saturated carbocycles. The number of likely N-dealkylation sites (tertiary alicyclic amines) is 1. The van der Waals surface area contributed by atoms with E-state index in [0.29, 0.717) is 6.04 Å². The second-order valence-corrected chi connectivity index (χ2v) is 4.74. The molecule has 0 aromatic heterocycles. The van der Waals surface area contributed by atoms with E-state index in [0.717, 1.165) is 31.8 Å². The first kappa shape index (κ1) is 10.6. The fourth-order valence-electron chi connectivity index (χ4n) is 2.31. The molecule has 1 atom stereocenters. The molecule has 3 heteroatoms. The maximum Gasteiger partial charge on any atom is 0.0731 e. The number of aliphatic hydroxyl groups is 1. The molecule has 2 aliphatic rings. The van der Waals surface area contributed by atoms with Gasteiger partial charge in [-0.2, -0.15) is 0 Å². The Labute approximate surface area is 91.7 Å². The highest BCUT2D eigenvalue weighted by Crippen LogP contribution is 2.26. The Kier molecular flexibility index (Phi) is 2.74. The number of hydrogen-bond acceptors (Lipinski definition) is 3. The predicted molar refractivity (Wildman–Crippen MR) is 61.3 cm³/mol. The summed E-state index contributed by atoms with van der Waals surface area (Å²) in [5.74, 6) is 0. The topological polar surface area (TPSA) is 26.7 Å². The molecule has 1 N–H and O–H groups in total. The molecule has 2 rings (SSSR count). The lowest BCUT2D eigenvalue weighted by atomic mass is 10.3. The molecule has 0 aliphatic carbocycles. The summed E-state index contributed by atoms with van der Waals surface area (Å²) in [4.78, 5) is 4.57. The summed E-state index contributed by atoms with van der Waals surface area (Å²) in [6.07, 6.45) is 2.90. The molecule has 0 bridgehead atoms. The van der Waals surface area contributed by atoms with E-state index in [4.69, 9.17) is 0 Å². The second-order valence-electron chi connectivity index (χ2n) is 4.74. The molecule has 0 spiro atoms. The Hall–Kier alpha value is -0.960. The van der Waals surface area contributed by atoms with Crippen LogP contribution in [0.15, 0.2) is 24.0 Å². The van der Waals surface area contributed by atoms with Gasteiger partial charge in [-0.3, -0.25) is 0 Å². The highest BCUT2D eigenvalue weighted by Gasteiger charge is 2.27. The molecule has 0 aromatic carbocycles. The smallest absolute Gasteiger partial charge is 0.0731 e. The van der Waals surface area contributed by atoms with Crippen LogP contribution in [0.2, 0.25) is 0 Å².